The summed E-state index contributed by atoms with van der Waals surface area (Å²) in [5.41, 5.74) is 7.47. The van der Waals surface area contributed by atoms with E-state index in [0.29, 0.717) is 27.1 Å². The van der Waals surface area contributed by atoms with Crippen molar-refractivity contribution in [2.24, 2.45) is 5.73 Å². The van der Waals surface area contributed by atoms with Gasteiger partial charge in [-0.05, 0) is 45.8 Å². The molecule has 0 aliphatic carbocycles. The van der Waals surface area contributed by atoms with Crippen LogP contribution >= 0.6 is 28.3 Å². The number of methoxy groups -OCH3 is 2. The Balaban J connectivity index is 0.00000312. The highest BCUT2D eigenvalue weighted by Gasteiger charge is 2.31. The van der Waals surface area contributed by atoms with Crippen molar-refractivity contribution < 1.29 is 27.4 Å². The number of ether oxygens (including phenoxy) is 3. The minimum absolute atomic E-state index is 0. The molecule has 9 heteroatoms. The first-order valence-corrected chi connectivity index (χ1v) is 7.57. The lowest BCUT2D eigenvalue weighted by Crippen LogP contribution is -2.17. The van der Waals surface area contributed by atoms with Crippen LogP contribution < -0.4 is 19.9 Å². The van der Waals surface area contributed by atoms with Gasteiger partial charge in [0.15, 0.2) is 0 Å². The van der Waals surface area contributed by atoms with Gasteiger partial charge in [-0.3, -0.25) is 0 Å². The highest BCUT2D eigenvalue weighted by Crippen LogP contribution is 2.37. The van der Waals surface area contributed by atoms with E-state index >= 15 is 0 Å². The second-order valence-electron chi connectivity index (χ2n) is 4.82. The first-order chi connectivity index (χ1) is 11.2. The molecule has 2 rings (SSSR count). The lowest BCUT2D eigenvalue weighted by Gasteiger charge is -2.18. The number of hydrogen-bond donors (Lipinski definition) is 1. The van der Waals surface area contributed by atoms with E-state index in [1.54, 1.807) is 12.1 Å². The first-order valence-electron chi connectivity index (χ1n) is 6.78. The fraction of sp³-hybridized carbons (Fsp3) is 0.250. The van der Waals surface area contributed by atoms with Crippen molar-refractivity contribution in [3.05, 3.63) is 52.0 Å². The largest absolute Gasteiger partial charge is 0.573 e. The number of benzene rings is 2. The molecule has 0 saturated heterocycles. The Labute approximate surface area is 157 Å². The van der Waals surface area contributed by atoms with Crippen LogP contribution in [0.1, 0.15) is 17.2 Å². The van der Waals surface area contributed by atoms with Crippen molar-refractivity contribution in [1.29, 1.82) is 0 Å². The number of halogens is 5. The van der Waals surface area contributed by atoms with E-state index in [-0.39, 0.29) is 18.2 Å². The summed E-state index contributed by atoms with van der Waals surface area (Å²) in [4.78, 5) is 0. The van der Waals surface area contributed by atoms with Crippen molar-refractivity contribution in [3.8, 4) is 17.2 Å². The standard InChI is InChI=1S/C16H15BrF3NO3.ClH/c1-22-13-8-12(17)14(23-2)7-11(13)15(21)9-3-5-10(6-4-9)24-16(18,19)20;/h3-8,15H,21H2,1-2H3;1H/t15-;/m0./s1. The predicted molar refractivity (Wildman–Crippen MR) is 93.6 cm³/mol. The van der Waals surface area contributed by atoms with Gasteiger partial charge in [-0.15, -0.1) is 25.6 Å². The topological polar surface area (TPSA) is 53.7 Å². The summed E-state index contributed by atoms with van der Waals surface area (Å²) in [6, 6.07) is 8.19. The molecular formula is C16H16BrClF3NO3. The minimum atomic E-state index is -4.73. The predicted octanol–water partition coefficient (Wildman–Crippen LogP) is 4.83. The maximum atomic E-state index is 12.2. The smallest absolute Gasteiger partial charge is 0.496 e. The molecule has 2 aromatic carbocycles. The van der Waals surface area contributed by atoms with Gasteiger partial charge in [0.2, 0.25) is 0 Å². The zero-order chi connectivity index (χ0) is 17.9. The minimum Gasteiger partial charge on any atom is -0.496 e. The average Bonchev–Trinajstić information content (AvgIpc) is 2.53. The molecule has 0 unspecified atom stereocenters. The van der Waals surface area contributed by atoms with Crippen molar-refractivity contribution in [2.75, 3.05) is 14.2 Å². The number of rotatable bonds is 5. The molecule has 0 aliphatic rings. The first kappa shape index (κ1) is 21.4. The molecule has 4 nitrogen and oxygen atoms in total. The van der Waals surface area contributed by atoms with Crippen LogP contribution in [0.3, 0.4) is 0 Å². The lowest BCUT2D eigenvalue weighted by molar-refractivity contribution is -0.274. The molecule has 0 fully saturated rings. The van der Waals surface area contributed by atoms with Gasteiger partial charge in [0.25, 0.3) is 0 Å². The SMILES string of the molecule is COc1cc([C@@H](N)c2ccc(OC(F)(F)F)cc2)c(OC)cc1Br.Cl. The Morgan fingerprint density at radius 2 is 1.56 bits per heavy atom. The van der Waals surface area contributed by atoms with Gasteiger partial charge in [-0.1, -0.05) is 12.1 Å². The van der Waals surface area contributed by atoms with Crippen LogP contribution in [0.2, 0.25) is 0 Å². The van der Waals surface area contributed by atoms with Gasteiger partial charge in [-0.25, -0.2) is 0 Å². The van der Waals surface area contributed by atoms with E-state index in [0.717, 1.165) is 0 Å². The molecule has 0 spiro atoms. The van der Waals surface area contributed by atoms with Crippen LogP contribution in [-0.4, -0.2) is 20.6 Å². The van der Waals surface area contributed by atoms with Crippen molar-refractivity contribution in [3.63, 3.8) is 0 Å². The molecule has 0 amide bonds. The van der Waals surface area contributed by atoms with Crippen LogP contribution in [-0.2, 0) is 0 Å². The van der Waals surface area contributed by atoms with Gasteiger partial charge in [0, 0.05) is 5.56 Å². The highest BCUT2D eigenvalue weighted by atomic mass is 79.9. The Bertz CT molecular complexity index is 711. The van der Waals surface area contributed by atoms with Crippen LogP contribution in [0.15, 0.2) is 40.9 Å². The molecule has 0 heterocycles. The normalized spacial score (nSPS) is 12.1. The zero-order valence-corrected chi connectivity index (χ0v) is 15.7. The molecule has 138 valence electrons. The lowest BCUT2D eigenvalue weighted by atomic mass is 9.98. The maximum absolute atomic E-state index is 12.2. The monoisotopic (exact) mass is 441 g/mol. The molecule has 2 aromatic rings. The van der Waals surface area contributed by atoms with Crippen LogP contribution in [0.5, 0.6) is 17.2 Å². The summed E-state index contributed by atoms with van der Waals surface area (Å²) in [5, 5.41) is 0. The van der Waals surface area contributed by atoms with E-state index < -0.39 is 12.4 Å². The van der Waals surface area contributed by atoms with Crippen LogP contribution in [0, 0.1) is 0 Å². The van der Waals surface area contributed by atoms with E-state index in [1.807, 2.05) is 0 Å². The maximum Gasteiger partial charge on any atom is 0.573 e. The van der Waals surface area contributed by atoms with Gasteiger partial charge >= 0.3 is 6.36 Å². The fourth-order valence-corrected chi connectivity index (χ4v) is 2.67. The molecule has 1 atom stereocenters. The molecule has 0 saturated carbocycles. The summed E-state index contributed by atoms with van der Waals surface area (Å²) in [5.74, 6) is 0.794. The van der Waals surface area contributed by atoms with E-state index in [9.17, 15) is 13.2 Å². The van der Waals surface area contributed by atoms with Gasteiger partial charge in [-0.2, -0.15) is 0 Å². The van der Waals surface area contributed by atoms with Crippen molar-refractivity contribution in [2.45, 2.75) is 12.4 Å². The third-order valence-corrected chi connectivity index (χ3v) is 3.93. The van der Waals surface area contributed by atoms with Crippen molar-refractivity contribution in [1.82, 2.24) is 0 Å². The summed E-state index contributed by atoms with van der Waals surface area (Å²) in [7, 11) is 3.02. The molecule has 0 bridgehead atoms. The number of alkyl halides is 3. The summed E-state index contributed by atoms with van der Waals surface area (Å²) < 4.78 is 51.7. The summed E-state index contributed by atoms with van der Waals surface area (Å²) in [6.45, 7) is 0. The summed E-state index contributed by atoms with van der Waals surface area (Å²) in [6.07, 6.45) is -4.73. The van der Waals surface area contributed by atoms with Crippen LogP contribution in [0.4, 0.5) is 13.2 Å². The summed E-state index contributed by atoms with van der Waals surface area (Å²) >= 11 is 3.36. The van der Waals surface area contributed by atoms with E-state index in [4.69, 9.17) is 15.2 Å². The molecule has 25 heavy (non-hydrogen) atoms. The second-order valence-corrected chi connectivity index (χ2v) is 5.68. The highest BCUT2D eigenvalue weighted by molar-refractivity contribution is 9.10. The van der Waals surface area contributed by atoms with Gasteiger partial charge in [0.05, 0.1) is 24.7 Å². The zero-order valence-electron chi connectivity index (χ0n) is 13.3. The third-order valence-electron chi connectivity index (χ3n) is 3.31. The van der Waals surface area contributed by atoms with Gasteiger partial charge < -0.3 is 19.9 Å². The molecule has 0 radical (unpaired) electrons. The number of nitrogens with two attached hydrogens (primary N) is 1. The van der Waals surface area contributed by atoms with Crippen molar-refractivity contribution >= 4 is 28.3 Å². The van der Waals surface area contributed by atoms with Crippen LogP contribution in [0.25, 0.3) is 0 Å². The van der Waals surface area contributed by atoms with E-state index in [1.165, 1.54) is 38.5 Å². The van der Waals surface area contributed by atoms with E-state index in [2.05, 4.69) is 20.7 Å². The second kappa shape index (κ2) is 8.64. The fourth-order valence-electron chi connectivity index (χ4n) is 2.18. The Kier molecular flexibility index (Phi) is 7.40. The third kappa shape index (κ3) is 5.42. The molecule has 2 N–H and O–H groups in total. The van der Waals surface area contributed by atoms with Gasteiger partial charge in [0.1, 0.15) is 17.2 Å². The molecular weight excluding hydrogens is 427 g/mol. The Morgan fingerprint density at radius 3 is 2.04 bits per heavy atom. The Hall–Kier alpha value is -1.64. The molecule has 0 aliphatic heterocycles. The molecule has 0 aromatic heterocycles. The quantitative estimate of drug-likeness (QED) is 0.720. The number of hydrogen-bond acceptors (Lipinski definition) is 4. The average molecular weight is 443 g/mol. The Morgan fingerprint density at radius 1 is 1.00 bits per heavy atom.